The van der Waals surface area contributed by atoms with Gasteiger partial charge in [0.15, 0.2) is 5.76 Å². The van der Waals surface area contributed by atoms with Crippen molar-refractivity contribution in [3.05, 3.63) is 78.3 Å². The van der Waals surface area contributed by atoms with Gasteiger partial charge in [0.05, 0.1) is 23.7 Å². The maximum absolute atomic E-state index is 12.8. The number of ether oxygens (including phenoxy) is 1. The van der Waals surface area contributed by atoms with Crippen molar-refractivity contribution >= 4 is 22.4 Å². The summed E-state index contributed by atoms with van der Waals surface area (Å²) in [6.45, 7) is 2.75. The van der Waals surface area contributed by atoms with Gasteiger partial charge < -0.3 is 19.0 Å². The van der Waals surface area contributed by atoms with Crippen molar-refractivity contribution in [1.29, 1.82) is 0 Å². The second-order valence-electron chi connectivity index (χ2n) is 7.05. The number of methoxy groups -OCH3 is 1. The van der Waals surface area contributed by atoms with Crippen molar-refractivity contribution in [2.24, 2.45) is 0 Å². The van der Waals surface area contributed by atoms with Gasteiger partial charge in [-0.1, -0.05) is 18.2 Å². The van der Waals surface area contributed by atoms with Gasteiger partial charge in [0.1, 0.15) is 11.5 Å². The summed E-state index contributed by atoms with van der Waals surface area (Å²) in [5.41, 5.74) is 1.12. The molecule has 1 aromatic heterocycles. The Labute approximate surface area is 178 Å². The number of benzene rings is 2. The Bertz CT molecular complexity index is 1010. The molecular weight excluding hydrogens is 400 g/mol. The van der Waals surface area contributed by atoms with E-state index < -0.39 is 10.8 Å². The van der Waals surface area contributed by atoms with Crippen molar-refractivity contribution in [1.82, 2.24) is 4.90 Å². The molecule has 1 amide bonds. The summed E-state index contributed by atoms with van der Waals surface area (Å²) in [7, 11) is 0.450. The largest absolute Gasteiger partial charge is 0.497 e. The van der Waals surface area contributed by atoms with E-state index in [4.69, 9.17) is 9.15 Å². The summed E-state index contributed by atoms with van der Waals surface area (Å²) in [6.07, 6.45) is 0. The average Bonchev–Trinajstić information content (AvgIpc) is 3.28. The van der Waals surface area contributed by atoms with Crippen LogP contribution in [0.3, 0.4) is 0 Å². The van der Waals surface area contributed by atoms with E-state index in [2.05, 4.69) is 4.90 Å². The lowest BCUT2D eigenvalue weighted by molar-refractivity contribution is 0.0713. The zero-order valence-corrected chi connectivity index (χ0v) is 17.6. The fraction of sp³-hybridized carbons (Fsp3) is 0.261. The number of amides is 1. The summed E-state index contributed by atoms with van der Waals surface area (Å²) in [4.78, 5) is 17.6. The van der Waals surface area contributed by atoms with Crippen LogP contribution in [0.25, 0.3) is 0 Å². The van der Waals surface area contributed by atoms with Crippen LogP contribution in [0.15, 0.2) is 76.0 Å². The molecule has 1 saturated heterocycles. The van der Waals surface area contributed by atoms with Crippen molar-refractivity contribution in [3.8, 4) is 5.75 Å². The van der Waals surface area contributed by atoms with Gasteiger partial charge in [-0.05, 0) is 48.5 Å². The fourth-order valence-corrected chi connectivity index (χ4v) is 4.51. The van der Waals surface area contributed by atoms with Crippen molar-refractivity contribution in [2.75, 3.05) is 38.2 Å². The molecule has 0 aliphatic carbocycles. The first-order valence-electron chi connectivity index (χ1n) is 9.84. The summed E-state index contributed by atoms with van der Waals surface area (Å²) in [5.74, 6) is 1.81. The molecule has 0 N–H and O–H groups in total. The summed E-state index contributed by atoms with van der Waals surface area (Å²) >= 11 is 0. The van der Waals surface area contributed by atoms with Gasteiger partial charge in [0, 0.05) is 36.8 Å². The summed E-state index contributed by atoms with van der Waals surface area (Å²) in [5, 5.41) is 0. The first kappa shape index (κ1) is 20.2. The van der Waals surface area contributed by atoms with E-state index in [1.54, 1.807) is 24.1 Å². The van der Waals surface area contributed by atoms with E-state index in [-0.39, 0.29) is 11.7 Å². The van der Waals surface area contributed by atoms with E-state index in [1.165, 1.54) is 0 Å². The number of hydrogen-bond donors (Lipinski definition) is 0. The normalized spacial score (nSPS) is 15.1. The highest BCUT2D eigenvalue weighted by Crippen LogP contribution is 2.22. The highest BCUT2D eigenvalue weighted by Gasteiger charge is 2.24. The number of furan rings is 1. The molecule has 0 saturated carbocycles. The highest BCUT2D eigenvalue weighted by molar-refractivity contribution is 7.84. The maximum atomic E-state index is 12.8. The number of carbonyl (C=O) groups excluding carboxylic acids is 1. The van der Waals surface area contributed by atoms with Crippen LogP contribution in [0.4, 0.5) is 5.69 Å². The lowest BCUT2D eigenvalue weighted by atomic mass is 10.2. The number of nitrogens with zero attached hydrogens (tertiary/aromatic N) is 2. The minimum atomic E-state index is -1.20. The van der Waals surface area contributed by atoms with Gasteiger partial charge in [0.25, 0.3) is 5.91 Å². The lowest BCUT2D eigenvalue weighted by Crippen LogP contribution is -2.48. The predicted molar refractivity (Wildman–Crippen MR) is 116 cm³/mol. The Morgan fingerprint density at radius 1 is 0.967 bits per heavy atom. The van der Waals surface area contributed by atoms with Gasteiger partial charge in [-0.25, -0.2) is 0 Å². The Balaban J connectivity index is 1.33. The minimum Gasteiger partial charge on any atom is -0.497 e. The Morgan fingerprint density at radius 2 is 1.67 bits per heavy atom. The third-order valence-corrected chi connectivity index (χ3v) is 6.50. The van der Waals surface area contributed by atoms with E-state index in [0.29, 0.717) is 24.6 Å². The summed E-state index contributed by atoms with van der Waals surface area (Å²) < 4.78 is 23.4. The molecule has 3 aromatic rings. The first-order chi connectivity index (χ1) is 14.6. The van der Waals surface area contributed by atoms with Crippen LogP contribution in [0.5, 0.6) is 5.75 Å². The van der Waals surface area contributed by atoms with Gasteiger partial charge in [-0.15, -0.1) is 0 Å². The van der Waals surface area contributed by atoms with Gasteiger partial charge >= 0.3 is 0 Å². The van der Waals surface area contributed by atoms with E-state index in [9.17, 15) is 9.00 Å². The molecule has 1 fully saturated rings. The second-order valence-corrected chi connectivity index (χ2v) is 8.50. The number of anilines is 1. The van der Waals surface area contributed by atoms with Crippen LogP contribution in [0.1, 0.15) is 16.3 Å². The summed E-state index contributed by atoms with van der Waals surface area (Å²) in [6, 6.07) is 20.6. The van der Waals surface area contributed by atoms with Gasteiger partial charge in [0.2, 0.25) is 0 Å². The van der Waals surface area contributed by atoms with E-state index >= 15 is 0 Å². The zero-order chi connectivity index (χ0) is 20.9. The smallest absolute Gasteiger partial charge is 0.289 e. The van der Waals surface area contributed by atoms with Crippen LogP contribution >= 0.6 is 0 Å². The van der Waals surface area contributed by atoms with Crippen molar-refractivity contribution in [3.63, 3.8) is 0 Å². The lowest BCUT2D eigenvalue weighted by Gasteiger charge is -2.35. The van der Waals surface area contributed by atoms with Crippen LogP contribution in [0, 0.1) is 0 Å². The fourth-order valence-electron chi connectivity index (χ4n) is 3.47. The topological polar surface area (TPSA) is 63.0 Å². The van der Waals surface area contributed by atoms with Crippen LogP contribution in [-0.4, -0.2) is 48.3 Å². The molecule has 1 atom stereocenters. The third-order valence-electron chi connectivity index (χ3n) is 5.16. The minimum absolute atomic E-state index is 0.124. The molecule has 1 aliphatic rings. The molecule has 1 aliphatic heterocycles. The first-order valence-corrected chi connectivity index (χ1v) is 11.2. The van der Waals surface area contributed by atoms with Crippen LogP contribution in [0.2, 0.25) is 0 Å². The van der Waals surface area contributed by atoms with Crippen molar-refractivity contribution in [2.45, 2.75) is 10.6 Å². The second kappa shape index (κ2) is 9.17. The molecule has 6 nitrogen and oxygen atoms in total. The van der Waals surface area contributed by atoms with E-state index in [0.717, 1.165) is 29.4 Å². The molecule has 30 heavy (non-hydrogen) atoms. The number of rotatable bonds is 6. The molecule has 0 bridgehead atoms. The number of hydrogen-bond acceptors (Lipinski definition) is 5. The molecule has 2 aromatic carbocycles. The molecule has 0 radical (unpaired) electrons. The predicted octanol–water partition coefficient (Wildman–Crippen LogP) is 3.56. The van der Waals surface area contributed by atoms with E-state index in [1.807, 2.05) is 54.6 Å². The Morgan fingerprint density at radius 3 is 2.33 bits per heavy atom. The zero-order valence-electron chi connectivity index (χ0n) is 16.8. The quantitative estimate of drug-likeness (QED) is 0.606. The Hall–Kier alpha value is -3.06. The number of piperazine rings is 1. The Kier molecular flexibility index (Phi) is 6.18. The van der Waals surface area contributed by atoms with Gasteiger partial charge in [-0.3, -0.25) is 9.00 Å². The van der Waals surface area contributed by atoms with Crippen molar-refractivity contribution < 1.29 is 18.2 Å². The van der Waals surface area contributed by atoms with Gasteiger partial charge in [-0.2, -0.15) is 0 Å². The average molecular weight is 425 g/mol. The molecule has 7 heteroatoms. The SMILES string of the molecule is COc1ccc(N2CCN(C(=O)c3ccc(C[S@@](=O)c4ccccc4)o3)CC2)cc1. The third kappa shape index (κ3) is 4.57. The van der Waals surface area contributed by atoms with Crippen LogP contribution in [-0.2, 0) is 16.6 Å². The van der Waals surface area contributed by atoms with Crippen LogP contribution < -0.4 is 9.64 Å². The molecule has 4 rings (SSSR count). The molecule has 2 heterocycles. The highest BCUT2D eigenvalue weighted by atomic mass is 32.2. The monoisotopic (exact) mass is 424 g/mol. The molecule has 0 spiro atoms. The molecule has 156 valence electrons. The standard InChI is InChI=1S/C23H24N2O4S/c1-28-19-9-7-18(8-10-19)24-13-15-25(16-14-24)23(26)22-12-11-20(29-22)17-30(27)21-5-3-2-4-6-21/h2-12H,13-17H2,1H3/t30-/m1/s1. The molecular formula is C23H24N2O4S. The molecule has 0 unspecified atom stereocenters. The maximum Gasteiger partial charge on any atom is 0.289 e. The number of carbonyl (C=O) groups is 1.